The summed E-state index contributed by atoms with van der Waals surface area (Å²) in [5.41, 5.74) is 0.960. The third-order valence-electron chi connectivity index (χ3n) is 5.91. The third kappa shape index (κ3) is 6.40. The van der Waals surface area contributed by atoms with Gasteiger partial charge in [-0.2, -0.15) is 0 Å². The van der Waals surface area contributed by atoms with Crippen molar-refractivity contribution in [3.05, 3.63) is 29.6 Å². The second-order valence-electron chi connectivity index (χ2n) is 9.65. The molecule has 8 nitrogen and oxygen atoms in total. The summed E-state index contributed by atoms with van der Waals surface area (Å²) in [6.45, 7) is 11.1. The number of halogens is 1. The maximum absolute atomic E-state index is 14.9. The molecule has 2 aliphatic heterocycles. The second kappa shape index (κ2) is 10.6. The molecule has 178 valence electrons. The number of anilines is 1. The molecule has 2 heterocycles. The van der Waals surface area contributed by atoms with Gasteiger partial charge in [0.2, 0.25) is 5.91 Å². The zero-order valence-electron chi connectivity index (χ0n) is 19.2. The first-order valence-electron chi connectivity index (χ1n) is 11.3. The van der Waals surface area contributed by atoms with Crippen molar-refractivity contribution in [2.75, 3.05) is 51.3 Å². The number of carboxylic acids is 1. The van der Waals surface area contributed by atoms with E-state index in [-0.39, 0.29) is 17.7 Å². The highest BCUT2D eigenvalue weighted by Gasteiger charge is 2.41. The first kappa shape index (κ1) is 24.4. The number of rotatable bonds is 9. The molecule has 32 heavy (non-hydrogen) atoms. The van der Waals surface area contributed by atoms with Crippen LogP contribution in [0.5, 0.6) is 0 Å². The number of carbonyl (C=O) groups excluding carboxylic acids is 1. The van der Waals surface area contributed by atoms with Crippen molar-refractivity contribution in [3.63, 3.8) is 0 Å². The number of aliphatic carboxylic acids is 1. The minimum atomic E-state index is -1.05. The van der Waals surface area contributed by atoms with Gasteiger partial charge >= 0.3 is 5.97 Å². The van der Waals surface area contributed by atoms with Crippen LogP contribution in [0, 0.1) is 11.2 Å². The maximum Gasteiger partial charge on any atom is 0.305 e. The number of amides is 1. The van der Waals surface area contributed by atoms with Gasteiger partial charge in [0.1, 0.15) is 12.0 Å². The van der Waals surface area contributed by atoms with Crippen molar-refractivity contribution in [3.8, 4) is 0 Å². The van der Waals surface area contributed by atoms with Gasteiger partial charge in [0.25, 0.3) is 0 Å². The molecule has 9 heteroatoms. The van der Waals surface area contributed by atoms with Crippen molar-refractivity contribution in [1.29, 1.82) is 0 Å². The van der Waals surface area contributed by atoms with E-state index < -0.39 is 24.0 Å². The highest BCUT2D eigenvalue weighted by atomic mass is 19.1. The van der Waals surface area contributed by atoms with Crippen LogP contribution in [0.1, 0.15) is 45.3 Å². The van der Waals surface area contributed by atoms with Gasteiger partial charge in [-0.3, -0.25) is 19.8 Å². The number of carboxylic acid groups (broad SMARTS) is 1. The van der Waals surface area contributed by atoms with Crippen LogP contribution in [0.15, 0.2) is 18.2 Å². The molecule has 1 aromatic rings. The molecule has 1 aromatic carbocycles. The fraction of sp³-hybridized carbons (Fsp3) is 0.652. The van der Waals surface area contributed by atoms with Gasteiger partial charge in [0.15, 0.2) is 0 Å². The average molecular weight is 451 g/mol. The summed E-state index contributed by atoms with van der Waals surface area (Å²) >= 11 is 0. The lowest BCUT2D eigenvalue weighted by Crippen LogP contribution is -2.39. The standard InChI is InChI=1S/C23H35FN4O4/c1-23(2,3)7-9-28-21(26-18(22(28)31)15-19(29)30)16-5-4-6-17(24)20(16)25-8-10-27-11-13-32-14-12-27/h4-6,18,21,25-26H,7-15H2,1-3H3,(H,29,30)/t18-,21?/m1/s1. The Balaban J connectivity index is 1.79. The Labute approximate surface area is 189 Å². The fourth-order valence-corrected chi connectivity index (χ4v) is 4.07. The van der Waals surface area contributed by atoms with Crippen molar-refractivity contribution >= 4 is 17.6 Å². The van der Waals surface area contributed by atoms with Crippen molar-refractivity contribution in [2.45, 2.75) is 45.8 Å². The SMILES string of the molecule is CC(C)(C)CCN1C(=O)[C@@H](CC(=O)O)NC1c1cccc(F)c1NCCN1CCOCC1. The normalized spacial score (nSPS) is 22.4. The minimum absolute atomic E-state index is 0.00309. The number of para-hydroxylation sites is 1. The van der Waals surface area contributed by atoms with Gasteiger partial charge in [0, 0.05) is 38.3 Å². The average Bonchev–Trinajstić information content (AvgIpc) is 3.02. The number of nitrogens with zero attached hydrogens (tertiary/aromatic N) is 2. The molecule has 3 rings (SSSR count). The highest BCUT2D eigenvalue weighted by Crippen LogP contribution is 2.34. The van der Waals surface area contributed by atoms with Crippen LogP contribution < -0.4 is 10.6 Å². The quantitative estimate of drug-likeness (QED) is 0.531. The molecule has 0 radical (unpaired) electrons. The van der Waals surface area contributed by atoms with Crippen LogP contribution in [0.2, 0.25) is 0 Å². The summed E-state index contributed by atoms with van der Waals surface area (Å²) in [6.07, 6.45) is -0.154. The predicted octanol–water partition coefficient (Wildman–Crippen LogP) is 2.28. The van der Waals surface area contributed by atoms with Crippen LogP contribution in [-0.4, -0.2) is 78.8 Å². The largest absolute Gasteiger partial charge is 0.481 e. The molecule has 0 bridgehead atoms. The lowest BCUT2D eigenvalue weighted by atomic mass is 9.92. The monoisotopic (exact) mass is 450 g/mol. The van der Waals surface area contributed by atoms with Gasteiger partial charge in [-0.1, -0.05) is 32.9 Å². The number of benzene rings is 1. The molecular weight excluding hydrogens is 415 g/mol. The Hall–Kier alpha value is -2.23. The molecule has 0 aliphatic carbocycles. The Morgan fingerprint density at radius 3 is 2.66 bits per heavy atom. The molecule has 0 saturated carbocycles. The topological polar surface area (TPSA) is 94.1 Å². The summed E-state index contributed by atoms with van der Waals surface area (Å²) in [4.78, 5) is 28.2. The number of hydrogen-bond acceptors (Lipinski definition) is 6. The smallest absolute Gasteiger partial charge is 0.305 e. The Morgan fingerprint density at radius 1 is 1.28 bits per heavy atom. The zero-order chi connectivity index (χ0) is 23.3. The van der Waals surface area contributed by atoms with Gasteiger partial charge in [-0.25, -0.2) is 4.39 Å². The molecule has 0 aromatic heterocycles. The van der Waals surface area contributed by atoms with Gasteiger partial charge in [-0.05, 0) is 17.9 Å². The van der Waals surface area contributed by atoms with E-state index in [2.05, 4.69) is 36.3 Å². The zero-order valence-corrected chi connectivity index (χ0v) is 19.2. The molecule has 2 aliphatic rings. The first-order chi connectivity index (χ1) is 15.2. The maximum atomic E-state index is 14.9. The Kier molecular flexibility index (Phi) is 8.08. The molecule has 2 saturated heterocycles. The first-order valence-corrected chi connectivity index (χ1v) is 11.3. The molecule has 1 amide bonds. The number of nitrogens with one attached hydrogen (secondary N) is 2. The summed E-state index contributed by atoms with van der Waals surface area (Å²) in [5.74, 6) is -1.70. The van der Waals surface area contributed by atoms with Crippen LogP contribution in [0.4, 0.5) is 10.1 Å². The van der Waals surface area contributed by atoms with E-state index in [1.54, 1.807) is 17.0 Å². The van der Waals surface area contributed by atoms with Crippen LogP contribution >= 0.6 is 0 Å². The molecule has 2 atom stereocenters. The minimum Gasteiger partial charge on any atom is -0.481 e. The molecule has 0 spiro atoms. The Morgan fingerprint density at radius 2 is 2.00 bits per heavy atom. The highest BCUT2D eigenvalue weighted by molar-refractivity contribution is 5.88. The summed E-state index contributed by atoms with van der Waals surface area (Å²) < 4.78 is 20.2. The van der Waals surface area contributed by atoms with E-state index in [0.29, 0.717) is 37.6 Å². The number of carbonyl (C=O) groups is 2. The molecule has 2 fully saturated rings. The van der Waals surface area contributed by atoms with Crippen molar-refractivity contribution in [1.82, 2.24) is 15.1 Å². The Bertz CT molecular complexity index is 808. The fourth-order valence-electron chi connectivity index (χ4n) is 4.07. The van der Waals surface area contributed by atoms with E-state index in [1.807, 2.05) is 0 Å². The summed E-state index contributed by atoms with van der Waals surface area (Å²) in [5, 5.41) is 15.6. The summed E-state index contributed by atoms with van der Waals surface area (Å²) in [6, 6.07) is 3.97. The van der Waals surface area contributed by atoms with Crippen LogP contribution in [0.25, 0.3) is 0 Å². The number of ether oxygens (including phenoxy) is 1. The lowest BCUT2D eigenvalue weighted by Gasteiger charge is -2.30. The lowest BCUT2D eigenvalue weighted by molar-refractivity contribution is -0.140. The van der Waals surface area contributed by atoms with Gasteiger partial charge in [-0.15, -0.1) is 0 Å². The molecule has 3 N–H and O–H groups in total. The van der Waals surface area contributed by atoms with Crippen LogP contribution in [0.3, 0.4) is 0 Å². The predicted molar refractivity (Wildman–Crippen MR) is 120 cm³/mol. The second-order valence-corrected chi connectivity index (χ2v) is 9.65. The van der Waals surface area contributed by atoms with E-state index in [0.717, 1.165) is 26.1 Å². The number of morpholine rings is 1. The van der Waals surface area contributed by atoms with E-state index in [4.69, 9.17) is 4.74 Å². The third-order valence-corrected chi connectivity index (χ3v) is 5.91. The molecule has 1 unspecified atom stereocenters. The van der Waals surface area contributed by atoms with E-state index >= 15 is 0 Å². The number of hydrogen-bond donors (Lipinski definition) is 3. The van der Waals surface area contributed by atoms with Gasteiger partial charge < -0.3 is 20.1 Å². The van der Waals surface area contributed by atoms with Crippen LogP contribution in [-0.2, 0) is 14.3 Å². The van der Waals surface area contributed by atoms with Crippen molar-refractivity contribution < 1.29 is 23.8 Å². The summed E-state index contributed by atoms with van der Waals surface area (Å²) in [7, 11) is 0. The van der Waals surface area contributed by atoms with E-state index in [1.165, 1.54) is 6.07 Å². The molecular formula is C23H35FN4O4. The van der Waals surface area contributed by atoms with Crippen molar-refractivity contribution in [2.24, 2.45) is 5.41 Å². The van der Waals surface area contributed by atoms with E-state index in [9.17, 15) is 19.1 Å². The van der Waals surface area contributed by atoms with Gasteiger partial charge in [0.05, 0.1) is 31.4 Å².